The Morgan fingerprint density at radius 2 is 1.85 bits per heavy atom. The summed E-state index contributed by atoms with van der Waals surface area (Å²) in [7, 11) is 0. The van der Waals surface area contributed by atoms with Crippen molar-refractivity contribution in [3.05, 3.63) is 23.3 Å². The smallest absolute Gasteiger partial charge is 0.239 e. The molecule has 0 bridgehead atoms. The molecule has 20 heavy (non-hydrogen) atoms. The normalized spacial score (nSPS) is 30.1. The van der Waals surface area contributed by atoms with Gasteiger partial charge in [0.15, 0.2) is 0 Å². The SMILES string of the molecule is CC(C)(C)C1=CC2(C#N)OS(=O)N=C2C(C(C)(C)C)=C1. The van der Waals surface area contributed by atoms with Crippen LogP contribution in [0.5, 0.6) is 0 Å². The monoisotopic (exact) mass is 292 g/mol. The van der Waals surface area contributed by atoms with Gasteiger partial charge < -0.3 is 0 Å². The molecular formula is C15H20N2O2S. The van der Waals surface area contributed by atoms with Gasteiger partial charge in [-0.05, 0) is 28.1 Å². The number of rotatable bonds is 0. The van der Waals surface area contributed by atoms with E-state index in [-0.39, 0.29) is 10.8 Å². The van der Waals surface area contributed by atoms with E-state index in [0.717, 1.165) is 11.1 Å². The van der Waals surface area contributed by atoms with Gasteiger partial charge in [-0.1, -0.05) is 47.6 Å². The van der Waals surface area contributed by atoms with E-state index in [4.69, 9.17) is 4.18 Å². The molecule has 2 rings (SSSR count). The Morgan fingerprint density at radius 1 is 1.25 bits per heavy atom. The van der Waals surface area contributed by atoms with Crippen molar-refractivity contribution in [1.29, 1.82) is 5.26 Å². The summed E-state index contributed by atoms with van der Waals surface area (Å²) in [6, 6.07) is 2.15. The molecule has 0 aromatic carbocycles. The summed E-state index contributed by atoms with van der Waals surface area (Å²) in [4.78, 5) is 0. The van der Waals surface area contributed by atoms with Crippen LogP contribution in [0.25, 0.3) is 0 Å². The molecule has 0 saturated carbocycles. The zero-order valence-electron chi connectivity index (χ0n) is 12.8. The van der Waals surface area contributed by atoms with Gasteiger partial charge in [0.2, 0.25) is 5.60 Å². The van der Waals surface area contributed by atoms with Gasteiger partial charge in [0, 0.05) is 0 Å². The van der Waals surface area contributed by atoms with Crippen molar-refractivity contribution in [2.24, 2.45) is 15.2 Å². The molecule has 1 heterocycles. The Labute approximate surface area is 123 Å². The second kappa shape index (κ2) is 4.37. The molecule has 0 aromatic rings. The number of hydrogen-bond acceptors (Lipinski definition) is 3. The van der Waals surface area contributed by atoms with Gasteiger partial charge in [-0.25, -0.2) is 8.39 Å². The zero-order chi connectivity index (χ0) is 15.3. The standard InChI is InChI=1S/C15H20N2O2S/c1-13(2,3)10-7-11(14(4,5)6)12-15(8-10,9-16)19-20(18)17-12/h7-8H,1-6H3. The summed E-state index contributed by atoms with van der Waals surface area (Å²) < 4.78 is 21.1. The number of hydrogen-bond donors (Lipinski definition) is 0. The lowest BCUT2D eigenvalue weighted by Gasteiger charge is -2.34. The Morgan fingerprint density at radius 3 is 2.30 bits per heavy atom. The Bertz CT molecular complexity index is 609. The van der Waals surface area contributed by atoms with Crippen LogP contribution < -0.4 is 0 Å². The second-order valence-corrected chi connectivity index (χ2v) is 8.03. The lowest BCUT2D eigenvalue weighted by molar-refractivity contribution is 0.281. The van der Waals surface area contributed by atoms with Gasteiger partial charge in [0.1, 0.15) is 11.8 Å². The van der Waals surface area contributed by atoms with Gasteiger partial charge in [0.25, 0.3) is 11.3 Å². The second-order valence-electron chi connectivity index (χ2n) is 7.25. The molecule has 0 amide bonds. The average molecular weight is 292 g/mol. The third-order valence-corrected chi connectivity index (χ3v) is 4.21. The number of fused-ring (bicyclic) bond motifs is 1. The maximum atomic E-state index is 11.7. The van der Waals surface area contributed by atoms with E-state index in [1.165, 1.54) is 0 Å². The fraction of sp³-hybridized carbons (Fsp3) is 0.600. The molecule has 108 valence electrons. The molecule has 0 aromatic heterocycles. The first-order chi connectivity index (χ1) is 8.99. The first-order valence-electron chi connectivity index (χ1n) is 6.57. The molecule has 0 saturated heterocycles. The van der Waals surface area contributed by atoms with Crippen LogP contribution in [0.15, 0.2) is 27.7 Å². The van der Waals surface area contributed by atoms with Gasteiger partial charge in [-0.15, -0.1) is 0 Å². The fourth-order valence-corrected chi connectivity index (χ4v) is 3.06. The van der Waals surface area contributed by atoms with Crippen LogP contribution in [0, 0.1) is 22.2 Å². The molecule has 0 N–H and O–H groups in total. The Kier molecular flexibility index (Phi) is 3.31. The van der Waals surface area contributed by atoms with E-state index < -0.39 is 16.9 Å². The summed E-state index contributed by atoms with van der Waals surface area (Å²) >= 11 is -1.80. The minimum Gasteiger partial charge on any atom is -0.239 e. The van der Waals surface area contributed by atoms with Crippen LogP contribution in [-0.2, 0) is 15.4 Å². The number of nitriles is 1. The average Bonchev–Trinajstić information content (AvgIpc) is 2.61. The first kappa shape index (κ1) is 15.1. The van der Waals surface area contributed by atoms with Crippen molar-refractivity contribution in [3.8, 4) is 6.07 Å². The van der Waals surface area contributed by atoms with E-state index in [2.05, 4.69) is 58.1 Å². The van der Waals surface area contributed by atoms with Crippen LogP contribution in [0.1, 0.15) is 41.5 Å². The van der Waals surface area contributed by atoms with E-state index in [0.29, 0.717) is 5.71 Å². The maximum absolute atomic E-state index is 11.7. The molecule has 1 aliphatic heterocycles. The predicted molar refractivity (Wildman–Crippen MR) is 80.1 cm³/mol. The van der Waals surface area contributed by atoms with Gasteiger partial charge in [0.05, 0.1) is 0 Å². The molecule has 0 radical (unpaired) electrons. The Hall–Kier alpha value is -1.25. The molecule has 4 nitrogen and oxygen atoms in total. The highest BCUT2D eigenvalue weighted by Gasteiger charge is 2.50. The van der Waals surface area contributed by atoms with Crippen molar-refractivity contribution >= 4 is 17.0 Å². The van der Waals surface area contributed by atoms with Gasteiger partial charge in [-0.2, -0.15) is 9.66 Å². The quantitative estimate of drug-likeness (QED) is 0.688. The fourth-order valence-electron chi connectivity index (χ4n) is 2.25. The van der Waals surface area contributed by atoms with E-state index in [1.807, 2.05) is 0 Å². The predicted octanol–water partition coefficient (Wildman–Crippen LogP) is 3.26. The van der Waals surface area contributed by atoms with Crippen molar-refractivity contribution in [2.75, 3.05) is 0 Å². The highest BCUT2D eigenvalue weighted by atomic mass is 32.2. The summed E-state index contributed by atoms with van der Waals surface area (Å²) in [5.74, 6) is 0. The van der Waals surface area contributed by atoms with E-state index >= 15 is 0 Å². The van der Waals surface area contributed by atoms with E-state index in [1.54, 1.807) is 6.08 Å². The first-order valence-corrected chi connectivity index (χ1v) is 7.60. The summed E-state index contributed by atoms with van der Waals surface area (Å²) in [6.07, 6.45) is 3.81. The van der Waals surface area contributed by atoms with Crippen LogP contribution in [-0.4, -0.2) is 15.5 Å². The third kappa shape index (κ3) is 2.38. The topological polar surface area (TPSA) is 62.4 Å². The van der Waals surface area contributed by atoms with Crippen LogP contribution >= 0.6 is 0 Å². The minimum atomic E-state index is -1.80. The molecule has 0 fully saturated rings. The van der Waals surface area contributed by atoms with Crippen LogP contribution in [0.2, 0.25) is 0 Å². The Balaban J connectivity index is 2.71. The van der Waals surface area contributed by atoms with Crippen LogP contribution in [0.3, 0.4) is 0 Å². The lowest BCUT2D eigenvalue weighted by atomic mass is 9.70. The largest absolute Gasteiger partial charge is 0.287 e. The lowest BCUT2D eigenvalue weighted by Crippen LogP contribution is -2.41. The highest BCUT2D eigenvalue weighted by Crippen LogP contribution is 2.44. The summed E-state index contributed by atoms with van der Waals surface area (Å²) in [5.41, 5.74) is 0.756. The number of nitrogens with zero attached hydrogens (tertiary/aromatic N) is 2. The molecule has 5 heteroatoms. The van der Waals surface area contributed by atoms with Crippen molar-refractivity contribution in [3.63, 3.8) is 0 Å². The van der Waals surface area contributed by atoms with Crippen LogP contribution in [0.4, 0.5) is 0 Å². The molecule has 2 atom stereocenters. The summed E-state index contributed by atoms with van der Waals surface area (Å²) in [6.45, 7) is 12.4. The molecular weight excluding hydrogens is 272 g/mol. The molecule has 0 spiro atoms. The highest BCUT2D eigenvalue weighted by molar-refractivity contribution is 7.79. The van der Waals surface area contributed by atoms with Gasteiger partial charge in [-0.3, -0.25) is 0 Å². The van der Waals surface area contributed by atoms with Crippen molar-refractivity contribution < 1.29 is 8.39 Å². The molecule has 2 unspecified atom stereocenters. The molecule has 1 aliphatic carbocycles. The zero-order valence-corrected chi connectivity index (χ0v) is 13.6. The number of allylic oxidation sites excluding steroid dienone is 2. The summed E-state index contributed by atoms with van der Waals surface area (Å²) in [5, 5.41) is 9.57. The third-order valence-electron chi connectivity index (χ3n) is 3.47. The molecule has 2 aliphatic rings. The van der Waals surface area contributed by atoms with Crippen molar-refractivity contribution in [1.82, 2.24) is 0 Å². The van der Waals surface area contributed by atoms with E-state index in [9.17, 15) is 9.47 Å². The maximum Gasteiger partial charge on any atom is 0.287 e. The van der Waals surface area contributed by atoms with Crippen molar-refractivity contribution in [2.45, 2.75) is 47.1 Å². The van der Waals surface area contributed by atoms with Gasteiger partial charge >= 0.3 is 0 Å². The minimum absolute atomic E-state index is 0.126.